The highest BCUT2D eigenvalue weighted by Crippen LogP contribution is 2.32. The fourth-order valence-electron chi connectivity index (χ4n) is 3.79. The summed E-state index contributed by atoms with van der Waals surface area (Å²) in [6.45, 7) is 2.89. The van der Waals surface area contributed by atoms with E-state index < -0.39 is 0 Å². The summed E-state index contributed by atoms with van der Waals surface area (Å²) in [4.78, 5) is 26.6. The molecule has 2 aliphatic rings. The minimum Gasteiger partial charge on any atom is -0.486 e. The second-order valence-corrected chi connectivity index (χ2v) is 7.69. The van der Waals surface area contributed by atoms with Gasteiger partial charge >= 0.3 is 6.03 Å². The first-order valence-electron chi connectivity index (χ1n) is 10.4. The van der Waals surface area contributed by atoms with Crippen molar-refractivity contribution in [3.05, 3.63) is 54.1 Å². The fraction of sp³-hybridized carbons (Fsp3) is 0.391. The maximum atomic E-state index is 12.6. The Balaban J connectivity index is 1.20. The van der Waals surface area contributed by atoms with Crippen LogP contribution in [0.4, 0.5) is 10.5 Å². The summed E-state index contributed by atoms with van der Waals surface area (Å²) in [5.41, 5.74) is 1.78. The van der Waals surface area contributed by atoms with Crippen LogP contribution in [0.1, 0.15) is 24.8 Å². The number of benzene rings is 2. The Kier molecular flexibility index (Phi) is 6.37. The number of likely N-dealkylation sites (tertiary alicyclic amines) is 1. The summed E-state index contributed by atoms with van der Waals surface area (Å²) in [6.07, 6.45) is 2.16. The lowest BCUT2D eigenvalue weighted by Gasteiger charge is -2.32. The largest absolute Gasteiger partial charge is 0.486 e. The van der Waals surface area contributed by atoms with Crippen LogP contribution in [0, 0.1) is 5.92 Å². The van der Waals surface area contributed by atoms with E-state index in [1.807, 2.05) is 42.5 Å². The number of hydrogen-bond acceptors (Lipinski definition) is 4. The Morgan fingerprint density at radius 3 is 2.47 bits per heavy atom. The van der Waals surface area contributed by atoms with Gasteiger partial charge in [0.1, 0.15) is 13.2 Å². The summed E-state index contributed by atoms with van der Waals surface area (Å²) in [5, 5.41) is 5.91. The molecule has 2 aromatic rings. The maximum absolute atomic E-state index is 12.6. The minimum atomic E-state index is -0.126. The Morgan fingerprint density at radius 2 is 1.70 bits per heavy atom. The van der Waals surface area contributed by atoms with Gasteiger partial charge in [0.05, 0.1) is 0 Å². The molecule has 7 nitrogen and oxygen atoms in total. The summed E-state index contributed by atoms with van der Waals surface area (Å²) in [7, 11) is 0. The number of carbonyl (C=O) groups excluding carboxylic acids is 2. The molecular weight excluding hydrogens is 382 g/mol. The van der Waals surface area contributed by atoms with Crippen LogP contribution >= 0.6 is 0 Å². The molecule has 0 unspecified atom stereocenters. The molecule has 1 saturated heterocycles. The number of amides is 3. The Morgan fingerprint density at radius 1 is 0.967 bits per heavy atom. The highest BCUT2D eigenvalue weighted by Gasteiger charge is 2.24. The second-order valence-electron chi connectivity index (χ2n) is 7.69. The Bertz CT molecular complexity index is 879. The zero-order chi connectivity index (χ0) is 20.8. The molecule has 0 spiro atoms. The number of piperidine rings is 1. The summed E-state index contributed by atoms with van der Waals surface area (Å²) < 4.78 is 11.1. The first-order valence-corrected chi connectivity index (χ1v) is 10.4. The maximum Gasteiger partial charge on any atom is 0.321 e. The monoisotopic (exact) mass is 409 g/mol. The molecule has 0 bridgehead atoms. The number of anilines is 1. The molecular formula is C23H27N3O4. The van der Waals surface area contributed by atoms with Crippen LogP contribution in [-0.4, -0.2) is 43.1 Å². The topological polar surface area (TPSA) is 79.9 Å². The Hall–Kier alpha value is -3.22. The molecule has 2 heterocycles. The van der Waals surface area contributed by atoms with Gasteiger partial charge in [-0.25, -0.2) is 4.79 Å². The van der Waals surface area contributed by atoms with Gasteiger partial charge in [-0.1, -0.05) is 30.3 Å². The highest BCUT2D eigenvalue weighted by atomic mass is 16.6. The van der Waals surface area contributed by atoms with Gasteiger partial charge in [-0.3, -0.25) is 4.79 Å². The molecule has 0 radical (unpaired) electrons. The molecule has 158 valence electrons. The number of fused-ring (bicyclic) bond motifs is 1. The van der Waals surface area contributed by atoms with Crippen molar-refractivity contribution in [1.29, 1.82) is 0 Å². The Labute approximate surface area is 176 Å². The molecule has 0 atom stereocenters. The van der Waals surface area contributed by atoms with Crippen molar-refractivity contribution in [2.45, 2.75) is 25.8 Å². The van der Waals surface area contributed by atoms with E-state index >= 15 is 0 Å². The van der Waals surface area contributed by atoms with Gasteiger partial charge < -0.3 is 25.0 Å². The molecule has 0 aliphatic carbocycles. The highest BCUT2D eigenvalue weighted by molar-refractivity contribution is 5.89. The molecule has 3 amide bonds. The molecule has 2 aromatic carbocycles. The van der Waals surface area contributed by atoms with E-state index in [0.717, 1.165) is 18.4 Å². The smallest absolute Gasteiger partial charge is 0.321 e. The zero-order valence-corrected chi connectivity index (χ0v) is 16.9. The van der Waals surface area contributed by atoms with Crippen LogP contribution in [0.25, 0.3) is 0 Å². The van der Waals surface area contributed by atoms with Crippen molar-refractivity contribution in [3.8, 4) is 11.5 Å². The minimum absolute atomic E-state index is 0.0676. The van der Waals surface area contributed by atoms with Crippen LogP contribution in [0.2, 0.25) is 0 Å². The van der Waals surface area contributed by atoms with Crippen molar-refractivity contribution < 1.29 is 19.1 Å². The third kappa shape index (κ3) is 5.23. The standard InChI is InChI=1S/C23H27N3O4/c27-22(24-16-18-4-2-1-3-5-18)14-17-8-10-26(11-9-17)23(28)25-19-6-7-20-21(15-19)30-13-12-29-20/h1-7,15,17H,8-14,16H2,(H,24,27)(H,25,28). The van der Waals surface area contributed by atoms with E-state index in [0.29, 0.717) is 62.4 Å². The average molecular weight is 409 g/mol. The third-order valence-electron chi connectivity index (χ3n) is 5.50. The van der Waals surface area contributed by atoms with Crippen molar-refractivity contribution in [1.82, 2.24) is 10.2 Å². The van der Waals surface area contributed by atoms with E-state index in [2.05, 4.69) is 10.6 Å². The van der Waals surface area contributed by atoms with Gasteiger partial charge in [-0.2, -0.15) is 0 Å². The van der Waals surface area contributed by atoms with Gasteiger partial charge in [-0.05, 0) is 36.5 Å². The zero-order valence-electron chi connectivity index (χ0n) is 16.9. The number of ether oxygens (including phenoxy) is 2. The normalized spacial score (nSPS) is 16.1. The number of urea groups is 1. The predicted molar refractivity (Wildman–Crippen MR) is 114 cm³/mol. The third-order valence-corrected chi connectivity index (χ3v) is 5.50. The molecule has 2 N–H and O–H groups in total. The lowest BCUT2D eigenvalue weighted by atomic mass is 9.93. The van der Waals surface area contributed by atoms with Crippen molar-refractivity contribution >= 4 is 17.6 Å². The van der Waals surface area contributed by atoms with Gasteiger partial charge in [0, 0.05) is 37.8 Å². The summed E-state index contributed by atoms with van der Waals surface area (Å²) in [6, 6.07) is 15.2. The number of nitrogens with one attached hydrogen (secondary N) is 2. The SMILES string of the molecule is O=C(CC1CCN(C(=O)Nc2ccc3c(c2)OCCO3)CC1)NCc1ccccc1. The first kappa shape index (κ1) is 20.1. The number of carbonyl (C=O) groups is 2. The molecule has 4 rings (SSSR count). The van der Waals surface area contributed by atoms with Crippen molar-refractivity contribution in [3.63, 3.8) is 0 Å². The van der Waals surface area contributed by atoms with E-state index in [-0.39, 0.29) is 11.9 Å². The van der Waals surface area contributed by atoms with Crippen molar-refractivity contribution in [2.75, 3.05) is 31.6 Å². The van der Waals surface area contributed by atoms with Crippen LogP contribution in [0.3, 0.4) is 0 Å². The molecule has 0 saturated carbocycles. The molecule has 7 heteroatoms. The second kappa shape index (κ2) is 9.52. The predicted octanol–water partition coefficient (Wildman–Crippen LogP) is 3.41. The van der Waals surface area contributed by atoms with Gasteiger partial charge in [0.25, 0.3) is 0 Å². The lowest BCUT2D eigenvalue weighted by Crippen LogP contribution is -2.41. The fourth-order valence-corrected chi connectivity index (χ4v) is 3.79. The van der Waals surface area contributed by atoms with Crippen molar-refractivity contribution in [2.24, 2.45) is 5.92 Å². The van der Waals surface area contributed by atoms with E-state index in [1.54, 1.807) is 11.0 Å². The number of hydrogen-bond donors (Lipinski definition) is 2. The van der Waals surface area contributed by atoms with E-state index in [9.17, 15) is 9.59 Å². The van der Waals surface area contributed by atoms with Crippen LogP contribution in [0.15, 0.2) is 48.5 Å². The average Bonchev–Trinajstić information content (AvgIpc) is 2.79. The number of rotatable bonds is 5. The van der Waals surface area contributed by atoms with Crippen LogP contribution < -0.4 is 20.1 Å². The lowest BCUT2D eigenvalue weighted by molar-refractivity contribution is -0.122. The molecule has 1 fully saturated rings. The molecule has 30 heavy (non-hydrogen) atoms. The molecule has 0 aromatic heterocycles. The van der Waals surface area contributed by atoms with Crippen LogP contribution in [-0.2, 0) is 11.3 Å². The summed E-state index contributed by atoms with van der Waals surface area (Å²) >= 11 is 0. The van der Waals surface area contributed by atoms with Gasteiger partial charge in [-0.15, -0.1) is 0 Å². The summed E-state index contributed by atoms with van der Waals surface area (Å²) in [5.74, 6) is 1.72. The number of nitrogens with zero attached hydrogens (tertiary/aromatic N) is 1. The van der Waals surface area contributed by atoms with Crippen LogP contribution in [0.5, 0.6) is 11.5 Å². The quantitative estimate of drug-likeness (QED) is 0.793. The van der Waals surface area contributed by atoms with Gasteiger partial charge in [0.15, 0.2) is 11.5 Å². The van der Waals surface area contributed by atoms with Gasteiger partial charge in [0.2, 0.25) is 5.91 Å². The first-order chi connectivity index (χ1) is 14.7. The van der Waals surface area contributed by atoms with E-state index in [1.165, 1.54) is 0 Å². The molecule has 2 aliphatic heterocycles. The van der Waals surface area contributed by atoms with E-state index in [4.69, 9.17) is 9.47 Å².